The van der Waals surface area contributed by atoms with Crippen molar-refractivity contribution < 1.29 is 5.11 Å². The van der Waals surface area contributed by atoms with Crippen molar-refractivity contribution in [3.8, 4) is 0 Å². The van der Waals surface area contributed by atoms with Crippen LogP contribution in [0, 0.1) is 9.49 Å². The molecule has 1 aliphatic rings. The summed E-state index contributed by atoms with van der Waals surface area (Å²) in [5, 5.41) is 10.9. The van der Waals surface area contributed by atoms with E-state index in [-0.39, 0.29) is 0 Å². The van der Waals surface area contributed by atoms with Crippen LogP contribution in [-0.2, 0) is 6.42 Å². The van der Waals surface area contributed by atoms with Crippen molar-refractivity contribution in [2.75, 3.05) is 0 Å². The van der Waals surface area contributed by atoms with Crippen molar-refractivity contribution in [3.05, 3.63) is 33.4 Å². The molecule has 0 amide bonds. The number of halogens is 1. The second-order valence-corrected chi connectivity index (χ2v) is 6.50. The Hall–Kier alpha value is -0.0900. The van der Waals surface area contributed by atoms with Gasteiger partial charge in [0.25, 0.3) is 0 Å². The fraction of sp³-hybridized carbons (Fsp3) is 0.600. The zero-order valence-corrected chi connectivity index (χ0v) is 12.6. The van der Waals surface area contributed by atoms with Gasteiger partial charge in [-0.25, -0.2) is 0 Å². The van der Waals surface area contributed by atoms with Gasteiger partial charge in [-0.15, -0.1) is 0 Å². The molecule has 0 aromatic heterocycles. The van der Waals surface area contributed by atoms with Crippen LogP contribution < -0.4 is 0 Å². The summed E-state index contributed by atoms with van der Waals surface area (Å²) in [7, 11) is 0. The van der Waals surface area contributed by atoms with Gasteiger partial charge in [-0.3, -0.25) is 0 Å². The number of hydrogen-bond donors (Lipinski definition) is 1. The Kier molecular flexibility index (Phi) is 4.47. The zero-order valence-electron chi connectivity index (χ0n) is 10.5. The molecule has 2 unspecified atom stereocenters. The van der Waals surface area contributed by atoms with E-state index in [0.717, 1.165) is 19.3 Å². The van der Waals surface area contributed by atoms with Gasteiger partial charge in [0.15, 0.2) is 0 Å². The molecule has 1 saturated carbocycles. The Morgan fingerprint density at radius 1 is 1.29 bits per heavy atom. The fourth-order valence-corrected chi connectivity index (χ4v) is 3.43. The Morgan fingerprint density at radius 2 is 2.00 bits per heavy atom. The van der Waals surface area contributed by atoms with E-state index in [1.54, 1.807) is 0 Å². The van der Waals surface area contributed by atoms with Gasteiger partial charge >= 0.3 is 0 Å². The van der Waals surface area contributed by atoms with E-state index in [1.165, 1.54) is 28.4 Å². The van der Waals surface area contributed by atoms with Crippen LogP contribution in [0.1, 0.15) is 44.6 Å². The number of hydrogen-bond acceptors (Lipinski definition) is 1. The third-order valence-electron chi connectivity index (χ3n) is 4.09. The SMILES string of the molecule is CCC1CCCCC1(O)Cc1ccc(I)cc1. The lowest BCUT2D eigenvalue weighted by molar-refractivity contribution is -0.0491. The van der Waals surface area contributed by atoms with E-state index in [4.69, 9.17) is 0 Å². The molecule has 0 radical (unpaired) electrons. The quantitative estimate of drug-likeness (QED) is 0.817. The van der Waals surface area contributed by atoms with Crippen molar-refractivity contribution in [3.63, 3.8) is 0 Å². The van der Waals surface area contributed by atoms with Crippen LogP contribution in [0.3, 0.4) is 0 Å². The molecular weight excluding hydrogens is 323 g/mol. The third-order valence-corrected chi connectivity index (χ3v) is 4.81. The molecule has 0 saturated heterocycles. The lowest BCUT2D eigenvalue weighted by atomic mass is 9.71. The summed E-state index contributed by atoms with van der Waals surface area (Å²) >= 11 is 2.32. The first-order chi connectivity index (χ1) is 8.14. The van der Waals surface area contributed by atoms with Crippen LogP contribution in [-0.4, -0.2) is 10.7 Å². The molecule has 0 bridgehead atoms. The average molecular weight is 344 g/mol. The van der Waals surface area contributed by atoms with Crippen molar-refractivity contribution in [1.82, 2.24) is 0 Å². The second-order valence-electron chi connectivity index (χ2n) is 5.26. The molecule has 17 heavy (non-hydrogen) atoms. The number of benzene rings is 1. The molecule has 1 aromatic carbocycles. The molecule has 1 aliphatic carbocycles. The highest BCUT2D eigenvalue weighted by Crippen LogP contribution is 2.38. The third kappa shape index (κ3) is 3.22. The number of rotatable bonds is 3. The minimum atomic E-state index is -0.459. The lowest BCUT2D eigenvalue weighted by Crippen LogP contribution is -2.42. The highest BCUT2D eigenvalue weighted by molar-refractivity contribution is 14.1. The molecular formula is C15H21IO. The van der Waals surface area contributed by atoms with Crippen LogP contribution in [0.4, 0.5) is 0 Å². The first-order valence-corrected chi connectivity index (χ1v) is 7.69. The highest BCUT2D eigenvalue weighted by atomic mass is 127. The predicted molar refractivity (Wildman–Crippen MR) is 80.1 cm³/mol. The van der Waals surface area contributed by atoms with Crippen LogP contribution in [0.2, 0.25) is 0 Å². The molecule has 2 rings (SSSR count). The van der Waals surface area contributed by atoms with E-state index in [0.29, 0.717) is 5.92 Å². The van der Waals surface area contributed by atoms with E-state index >= 15 is 0 Å². The van der Waals surface area contributed by atoms with Crippen LogP contribution in [0.5, 0.6) is 0 Å². The maximum atomic E-state index is 10.9. The summed E-state index contributed by atoms with van der Waals surface area (Å²) in [6.45, 7) is 2.20. The topological polar surface area (TPSA) is 20.2 Å². The molecule has 1 nitrogen and oxygen atoms in total. The summed E-state index contributed by atoms with van der Waals surface area (Å²) in [5.41, 5.74) is 0.813. The normalized spacial score (nSPS) is 29.2. The van der Waals surface area contributed by atoms with Crippen LogP contribution in [0.25, 0.3) is 0 Å². The predicted octanol–water partition coefficient (Wildman–Crippen LogP) is 4.17. The molecule has 94 valence electrons. The van der Waals surface area contributed by atoms with Gasteiger partial charge in [0.1, 0.15) is 0 Å². The van der Waals surface area contributed by atoms with E-state index in [9.17, 15) is 5.11 Å². The molecule has 2 heteroatoms. The van der Waals surface area contributed by atoms with Crippen molar-refractivity contribution in [2.24, 2.45) is 5.92 Å². The fourth-order valence-electron chi connectivity index (χ4n) is 3.07. The Balaban J connectivity index is 2.11. The van der Waals surface area contributed by atoms with Gasteiger partial charge in [0.05, 0.1) is 5.60 Å². The molecule has 0 heterocycles. The zero-order chi connectivity index (χ0) is 12.3. The van der Waals surface area contributed by atoms with Crippen molar-refractivity contribution in [2.45, 2.75) is 51.0 Å². The first-order valence-electron chi connectivity index (χ1n) is 6.61. The van der Waals surface area contributed by atoms with Gasteiger partial charge < -0.3 is 5.11 Å². The van der Waals surface area contributed by atoms with Gasteiger partial charge in [-0.05, 0) is 59.0 Å². The standard InChI is InChI=1S/C15H21IO/c1-2-13-5-3-4-10-15(13,17)11-12-6-8-14(16)9-7-12/h6-9,13,17H,2-5,10-11H2,1H3. The summed E-state index contributed by atoms with van der Waals surface area (Å²) < 4.78 is 1.26. The van der Waals surface area contributed by atoms with E-state index in [2.05, 4.69) is 53.8 Å². The monoisotopic (exact) mass is 344 g/mol. The van der Waals surface area contributed by atoms with Gasteiger partial charge in [-0.1, -0.05) is 38.3 Å². The molecule has 1 fully saturated rings. The molecule has 0 spiro atoms. The van der Waals surface area contributed by atoms with E-state index < -0.39 is 5.60 Å². The number of aliphatic hydroxyl groups is 1. The largest absolute Gasteiger partial charge is 0.389 e. The van der Waals surface area contributed by atoms with Crippen LogP contribution in [0.15, 0.2) is 24.3 Å². The molecule has 2 atom stereocenters. The van der Waals surface area contributed by atoms with Gasteiger partial charge in [0, 0.05) is 9.99 Å². The van der Waals surface area contributed by atoms with Crippen LogP contribution >= 0.6 is 22.6 Å². The molecule has 1 aromatic rings. The first kappa shape index (κ1) is 13.3. The average Bonchev–Trinajstić information content (AvgIpc) is 2.32. The van der Waals surface area contributed by atoms with Crippen molar-refractivity contribution in [1.29, 1.82) is 0 Å². The maximum absolute atomic E-state index is 10.9. The smallest absolute Gasteiger partial charge is 0.0715 e. The summed E-state index contributed by atoms with van der Waals surface area (Å²) in [6, 6.07) is 8.56. The lowest BCUT2D eigenvalue weighted by Gasteiger charge is -2.40. The minimum absolute atomic E-state index is 0.459. The van der Waals surface area contributed by atoms with E-state index in [1.807, 2.05) is 0 Å². The summed E-state index contributed by atoms with van der Waals surface area (Å²) in [6.07, 6.45) is 6.54. The van der Waals surface area contributed by atoms with Gasteiger partial charge in [-0.2, -0.15) is 0 Å². The van der Waals surface area contributed by atoms with Gasteiger partial charge in [0.2, 0.25) is 0 Å². The maximum Gasteiger partial charge on any atom is 0.0715 e. The van der Waals surface area contributed by atoms with Crippen molar-refractivity contribution >= 4 is 22.6 Å². The summed E-state index contributed by atoms with van der Waals surface area (Å²) in [4.78, 5) is 0. The molecule has 1 N–H and O–H groups in total. The highest BCUT2D eigenvalue weighted by Gasteiger charge is 2.37. The molecule has 0 aliphatic heterocycles. The Labute approximate surface area is 118 Å². The second kappa shape index (κ2) is 5.70. The minimum Gasteiger partial charge on any atom is -0.389 e. The Bertz CT molecular complexity index is 360. The summed E-state index contributed by atoms with van der Waals surface area (Å²) in [5.74, 6) is 0.482. The Morgan fingerprint density at radius 3 is 2.65 bits per heavy atom.